The van der Waals surface area contributed by atoms with Crippen LogP contribution >= 0.6 is 0 Å². The zero-order valence-electron chi connectivity index (χ0n) is 36.8. The Morgan fingerprint density at radius 3 is 1.93 bits per heavy atom. The number of aromatic amines is 1. The minimum atomic E-state index is -0.232. The van der Waals surface area contributed by atoms with Crippen molar-refractivity contribution in [3.8, 4) is 5.75 Å². The Labute approximate surface area is 353 Å². The van der Waals surface area contributed by atoms with Crippen molar-refractivity contribution in [2.24, 2.45) is 52.3 Å². The highest BCUT2D eigenvalue weighted by Gasteiger charge is 2.52. The number of carbonyl (C=O) groups excluding carboxylic acids is 1. The molecular formula is C51H73N5O3. The zero-order chi connectivity index (χ0) is 40.5. The van der Waals surface area contributed by atoms with Gasteiger partial charge in [-0.3, -0.25) is 9.59 Å². The number of aryl methyl sites for hydroxylation is 1. The third-order valence-corrected chi connectivity index (χ3v) is 18.0. The van der Waals surface area contributed by atoms with Crippen LogP contribution in [0.25, 0.3) is 10.9 Å². The summed E-state index contributed by atoms with van der Waals surface area (Å²) in [5.41, 5.74) is 5.07. The highest BCUT2D eigenvalue weighted by Crippen LogP contribution is 2.62. The lowest BCUT2D eigenvalue weighted by molar-refractivity contribution is -0.0686. The maximum absolute atomic E-state index is 13.9. The summed E-state index contributed by atoms with van der Waals surface area (Å²) in [6.45, 7) is 13.8. The molecule has 8 bridgehead atoms. The Hall–Kier alpha value is -3.10. The van der Waals surface area contributed by atoms with Crippen molar-refractivity contribution in [1.82, 2.24) is 24.7 Å². The van der Waals surface area contributed by atoms with Gasteiger partial charge in [0.15, 0.2) is 0 Å². The molecule has 1 atom stereocenters. The van der Waals surface area contributed by atoms with E-state index in [1.165, 1.54) is 51.9 Å². The molecule has 0 spiro atoms. The molecule has 1 aliphatic heterocycles. The monoisotopic (exact) mass is 804 g/mol. The molecule has 8 nitrogen and oxygen atoms in total. The predicted molar refractivity (Wildman–Crippen MR) is 237 cm³/mol. The van der Waals surface area contributed by atoms with Crippen molar-refractivity contribution in [2.75, 3.05) is 46.4 Å². The average Bonchev–Trinajstić information content (AvgIpc) is 3.50. The standard InChI is InChI=1S/C51H73N5O3/c1-33-19-46(59-4)44(48(57)53-33)32-52-49(58)47-35(3)56(45-8-6-5-7-43(45)47)34(2)42-9-13-54(14-10-42)17-18-55(15-11-50-26-36-20-37(27-50)22-38(21-36)28-50)16-12-51-29-39-23-40(30-51)25-41(24-39)31-51/h5-8,19,34,36-42H,9-18,20-32H2,1-4H3,(H,52,58)(H,53,57)/t34-,36?,37?,38?,39?,40?,41?,50?,51?/m0/s1. The average molecular weight is 804 g/mol. The molecule has 1 amide bonds. The highest BCUT2D eigenvalue weighted by molar-refractivity contribution is 6.08. The van der Waals surface area contributed by atoms with Gasteiger partial charge < -0.3 is 29.4 Å². The lowest BCUT2D eigenvalue weighted by atomic mass is 9.48. The quantitative estimate of drug-likeness (QED) is 0.160. The van der Waals surface area contributed by atoms with Crippen LogP contribution in [0.4, 0.5) is 0 Å². The fourth-order valence-corrected chi connectivity index (χ4v) is 16.0. The summed E-state index contributed by atoms with van der Waals surface area (Å²) < 4.78 is 7.93. The second-order valence-electron chi connectivity index (χ2n) is 22.0. The van der Waals surface area contributed by atoms with E-state index in [4.69, 9.17) is 4.74 Å². The predicted octanol–water partition coefficient (Wildman–Crippen LogP) is 9.67. The van der Waals surface area contributed by atoms with Gasteiger partial charge in [-0.15, -0.1) is 0 Å². The van der Waals surface area contributed by atoms with Gasteiger partial charge in [0.1, 0.15) is 5.75 Å². The molecule has 8 aliphatic carbocycles. The van der Waals surface area contributed by atoms with Gasteiger partial charge in [-0.2, -0.15) is 0 Å². The van der Waals surface area contributed by atoms with E-state index in [2.05, 4.69) is 56.7 Å². The summed E-state index contributed by atoms with van der Waals surface area (Å²) in [6.07, 6.45) is 23.8. The Morgan fingerprint density at radius 1 is 0.847 bits per heavy atom. The maximum Gasteiger partial charge on any atom is 0.256 e. The molecule has 9 aliphatic rings. The third kappa shape index (κ3) is 7.85. The van der Waals surface area contributed by atoms with Crippen molar-refractivity contribution >= 4 is 16.8 Å². The van der Waals surface area contributed by atoms with Gasteiger partial charge >= 0.3 is 0 Å². The van der Waals surface area contributed by atoms with Crippen LogP contribution in [0.15, 0.2) is 35.1 Å². The van der Waals surface area contributed by atoms with E-state index >= 15 is 0 Å². The molecule has 8 saturated carbocycles. The first-order valence-electron chi connectivity index (χ1n) is 24.1. The number of methoxy groups -OCH3 is 1. The van der Waals surface area contributed by atoms with E-state index in [9.17, 15) is 9.59 Å². The number of hydrogen-bond donors (Lipinski definition) is 2. The van der Waals surface area contributed by atoms with Crippen LogP contribution < -0.4 is 15.6 Å². The first-order chi connectivity index (χ1) is 28.5. The highest BCUT2D eigenvalue weighted by atomic mass is 16.5. The van der Waals surface area contributed by atoms with Crippen LogP contribution in [0, 0.1) is 66.1 Å². The number of para-hydroxylation sites is 1. The van der Waals surface area contributed by atoms with Gasteiger partial charge in [0.2, 0.25) is 0 Å². The number of benzene rings is 1. The summed E-state index contributed by atoms with van der Waals surface area (Å²) in [4.78, 5) is 35.3. The molecule has 59 heavy (non-hydrogen) atoms. The van der Waals surface area contributed by atoms with Gasteiger partial charge in [-0.1, -0.05) is 18.2 Å². The van der Waals surface area contributed by atoms with Crippen molar-refractivity contribution in [1.29, 1.82) is 0 Å². The van der Waals surface area contributed by atoms with Crippen LogP contribution in [-0.2, 0) is 6.54 Å². The lowest BCUT2D eigenvalue weighted by Crippen LogP contribution is -2.49. The van der Waals surface area contributed by atoms with E-state index in [1.54, 1.807) is 90.2 Å². The SMILES string of the molecule is COc1cc(C)[nH]c(=O)c1CNC(=O)c1c(C)n([C@@H](C)C2CCN(CCN(CCC34CC5CC(CC(C5)C3)C4)CCC34CC5CC(CC(C5)C3)C4)CC2)c2ccccc12. The van der Waals surface area contributed by atoms with Crippen LogP contribution in [0.5, 0.6) is 5.75 Å². The number of nitrogens with one attached hydrogen (secondary N) is 2. The van der Waals surface area contributed by atoms with Crippen molar-refractivity contribution in [2.45, 2.75) is 136 Å². The van der Waals surface area contributed by atoms with Crippen LogP contribution in [0.1, 0.15) is 143 Å². The molecule has 1 aromatic carbocycles. The summed E-state index contributed by atoms with van der Waals surface area (Å²) in [5.74, 6) is 7.16. The number of rotatable bonds is 15. The number of ether oxygens (including phenoxy) is 1. The number of likely N-dealkylation sites (tertiary alicyclic amines) is 1. The fourth-order valence-electron chi connectivity index (χ4n) is 16.0. The summed E-state index contributed by atoms with van der Waals surface area (Å²) in [5, 5.41) is 4.03. The Bertz CT molecular complexity index is 1950. The summed E-state index contributed by atoms with van der Waals surface area (Å²) >= 11 is 0. The van der Waals surface area contributed by atoms with E-state index < -0.39 is 0 Å². The van der Waals surface area contributed by atoms with Gasteiger partial charge in [-0.25, -0.2) is 0 Å². The first kappa shape index (κ1) is 40.0. The fraction of sp³-hybridized carbons (Fsp3) is 0.725. The topological polar surface area (TPSA) is 82.6 Å². The first-order valence-corrected chi connectivity index (χ1v) is 24.1. The largest absolute Gasteiger partial charge is 0.496 e. The second kappa shape index (κ2) is 16.0. The van der Waals surface area contributed by atoms with Gasteiger partial charge in [-0.05, 0) is 214 Å². The lowest BCUT2D eigenvalue weighted by Gasteiger charge is -2.58. The zero-order valence-corrected chi connectivity index (χ0v) is 36.8. The van der Waals surface area contributed by atoms with E-state index in [0.717, 1.165) is 70.9 Å². The van der Waals surface area contributed by atoms with E-state index in [-0.39, 0.29) is 24.1 Å². The summed E-state index contributed by atoms with van der Waals surface area (Å²) in [6, 6.07) is 10.4. The van der Waals surface area contributed by atoms with Crippen molar-refractivity contribution < 1.29 is 9.53 Å². The molecule has 2 N–H and O–H groups in total. The van der Waals surface area contributed by atoms with Gasteiger partial charge in [0.05, 0.1) is 24.8 Å². The minimum absolute atomic E-state index is 0.104. The van der Waals surface area contributed by atoms with Crippen LogP contribution in [-0.4, -0.2) is 71.6 Å². The molecule has 0 unspecified atom stereocenters. The number of H-pyrrole nitrogens is 1. The number of nitrogens with zero attached hydrogens (tertiary/aromatic N) is 3. The van der Waals surface area contributed by atoms with E-state index in [1.807, 2.05) is 13.0 Å². The molecule has 3 heterocycles. The Morgan fingerprint density at radius 2 is 1.39 bits per heavy atom. The van der Waals surface area contributed by atoms with E-state index in [0.29, 0.717) is 33.6 Å². The van der Waals surface area contributed by atoms with Crippen LogP contribution in [0.2, 0.25) is 0 Å². The molecule has 2 aromatic heterocycles. The summed E-state index contributed by atoms with van der Waals surface area (Å²) in [7, 11) is 1.56. The van der Waals surface area contributed by atoms with Crippen LogP contribution in [0.3, 0.4) is 0 Å². The molecule has 0 radical (unpaired) electrons. The molecular weight excluding hydrogens is 731 g/mol. The number of fused-ring (bicyclic) bond motifs is 1. The van der Waals surface area contributed by atoms with Crippen molar-refractivity contribution in [3.05, 3.63) is 63.2 Å². The molecule has 9 fully saturated rings. The molecule has 8 heteroatoms. The number of aromatic nitrogens is 2. The smallest absolute Gasteiger partial charge is 0.256 e. The van der Waals surface area contributed by atoms with Gasteiger partial charge in [0.25, 0.3) is 11.5 Å². The molecule has 3 aromatic rings. The van der Waals surface area contributed by atoms with Crippen molar-refractivity contribution in [3.63, 3.8) is 0 Å². The Balaban J connectivity index is 0.784. The number of hydrogen-bond acceptors (Lipinski definition) is 5. The Kier molecular flexibility index (Phi) is 10.8. The number of carbonyl (C=O) groups is 1. The number of amides is 1. The minimum Gasteiger partial charge on any atom is -0.496 e. The molecule has 1 saturated heterocycles. The normalized spacial score (nSPS) is 33.0. The number of piperidine rings is 1. The number of pyridine rings is 1. The third-order valence-electron chi connectivity index (χ3n) is 18.0. The molecule has 12 rings (SSSR count). The molecule has 320 valence electrons. The van der Waals surface area contributed by atoms with Gasteiger partial charge in [0, 0.05) is 41.4 Å². The maximum atomic E-state index is 13.9. The second-order valence-corrected chi connectivity index (χ2v) is 22.0.